The lowest BCUT2D eigenvalue weighted by Crippen LogP contribution is -2.16. The second-order valence-electron chi connectivity index (χ2n) is 4.13. The van der Waals surface area contributed by atoms with Crippen LogP contribution in [0.3, 0.4) is 0 Å². The summed E-state index contributed by atoms with van der Waals surface area (Å²) in [4.78, 5) is 4.54. The lowest BCUT2D eigenvalue weighted by atomic mass is 10.1. The summed E-state index contributed by atoms with van der Waals surface area (Å²) >= 11 is 0. The lowest BCUT2D eigenvalue weighted by molar-refractivity contribution is 0.622. The van der Waals surface area contributed by atoms with Gasteiger partial charge >= 0.3 is 0 Å². The van der Waals surface area contributed by atoms with Gasteiger partial charge in [-0.15, -0.1) is 0 Å². The van der Waals surface area contributed by atoms with Crippen molar-refractivity contribution in [3.63, 3.8) is 0 Å². The number of nitrogens with one attached hydrogen (secondary N) is 1. The zero-order valence-corrected chi connectivity index (χ0v) is 8.38. The molecule has 0 saturated heterocycles. The van der Waals surface area contributed by atoms with E-state index in [9.17, 15) is 0 Å². The molecule has 0 saturated carbocycles. The Morgan fingerprint density at radius 1 is 1.62 bits per heavy atom. The summed E-state index contributed by atoms with van der Waals surface area (Å²) in [5, 5.41) is 3.31. The van der Waals surface area contributed by atoms with Gasteiger partial charge in [-0.25, -0.2) is 4.98 Å². The van der Waals surface area contributed by atoms with Gasteiger partial charge in [0, 0.05) is 19.3 Å². The van der Waals surface area contributed by atoms with Crippen molar-refractivity contribution in [1.29, 1.82) is 0 Å². The average Bonchev–Trinajstić information content (AvgIpc) is 2.44. The lowest BCUT2D eigenvalue weighted by Gasteiger charge is -2.14. The van der Waals surface area contributed by atoms with E-state index >= 15 is 0 Å². The largest absolute Gasteiger partial charge is 0.356 e. The standard InChI is InChI=1S/C10H17N3/c1-8(2)6-9-7-13-5-3-4-11-10(13)12-9/h7-8H,3-6H2,1-2H3,(H,11,12). The van der Waals surface area contributed by atoms with E-state index in [4.69, 9.17) is 0 Å². The highest BCUT2D eigenvalue weighted by molar-refractivity contribution is 5.30. The molecule has 0 atom stereocenters. The molecule has 1 aromatic heterocycles. The molecule has 0 amide bonds. The fourth-order valence-electron chi connectivity index (χ4n) is 1.75. The van der Waals surface area contributed by atoms with Gasteiger partial charge in [0.1, 0.15) is 0 Å². The number of hydrogen-bond acceptors (Lipinski definition) is 2. The molecule has 2 rings (SSSR count). The number of hydrogen-bond donors (Lipinski definition) is 1. The number of anilines is 1. The van der Waals surface area contributed by atoms with Crippen LogP contribution in [0.5, 0.6) is 0 Å². The van der Waals surface area contributed by atoms with E-state index in [1.54, 1.807) is 0 Å². The topological polar surface area (TPSA) is 29.9 Å². The van der Waals surface area contributed by atoms with E-state index in [0.717, 1.165) is 25.5 Å². The Labute approximate surface area is 79.2 Å². The fraction of sp³-hybridized carbons (Fsp3) is 0.700. The first-order chi connectivity index (χ1) is 6.25. The molecule has 1 aliphatic heterocycles. The van der Waals surface area contributed by atoms with Gasteiger partial charge in [0.25, 0.3) is 0 Å². The Morgan fingerprint density at radius 3 is 3.15 bits per heavy atom. The third kappa shape index (κ3) is 1.85. The van der Waals surface area contributed by atoms with Crippen molar-refractivity contribution in [2.75, 3.05) is 11.9 Å². The van der Waals surface area contributed by atoms with Crippen molar-refractivity contribution >= 4 is 5.95 Å². The van der Waals surface area contributed by atoms with Gasteiger partial charge in [-0.1, -0.05) is 13.8 Å². The summed E-state index contributed by atoms with van der Waals surface area (Å²) in [7, 11) is 0. The molecule has 0 aliphatic carbocycles. The molecule has 0 bridgehead atoms. The summed E-state index contributed by atoms with van der Waals surface area (Å²) in [6.45, 7) is 6.64. The number of fused-ring (bicyclic) bond motifs is 1. The number of nitrogens with zero attached hydrogens (tertiary/aromatic N) is 2. The summed E-state index contributed by atoms with van der Waals surface area (Å²) in [6.07, 6.45) is 4.48. The Morgan fingerprint density at radius 2 is 2.46 bits per heavy atom. The highest BCUT2D eigenvalue weighted by Crippen LogP contribution is 2.16. The van der Waals surface area contributed by atoms with E-state index in [1.807, 2.05) is 0 Å². The third-order valence-electron chi connectivity index (χ3n) is 2.30. The van der Waals surface area contributed by atoms with Gasteiger partial charge in [0.05, 0.1) is 5.69 Å². The van der Waals surface area contributed by atoms with Crippen LogP contribution >= 0.6 is 0 Å². The van der Waals surface area contributed by atoms with E-state index < -0.39 is 0 Å². The fourth-order valence-corrected chi connectivity index (χ4v) is 1.75. The van der Waals surface area contributed by atoms with Gasteiger partial charge in [-0.2, -0.15) is 0 Å². The predicted octanol–water partition coefficient (Wildman–Crippen LogP) is 1.90. The second kappa shape index (κ2) is 3.40. The van der Waals surface area contributed by atoms with E-state index in [-0.39, 0.29) is 0 Å². The highest BCUT2D eigenvalue weighted by atomic mass is 15.2. The Kier molecular flexibility index (Phi) is 2.25. The molecule has 2 heterocycles. The monoisotopic (exact) mass is 179 g/mol. The maximum Gasteiger partial charge on any atom is 0.203 e. The summed E-state index contributed by atoms with van der Waals surface area (Å²) in [5.41, 5.74) is 1.22. The molecule has 0 aromatic carbocycles. The van der Waals surface area contributed by atoms with Gasteiger partial charge in [0.15, 0.2) is 0 Å². The maximum atomic E-state index is 4.54. The highest BCUT2D eigenvalue weighted by Gasteiger charge is 2.11. The molecule has 3 nitrogen and oxygen atoms in total. The van der Waals surface area contributed by atoms with Crippen LogP contribution in [0.4, 0.5) is 5.95 Å². The predicted molar refractivity (Wildman–Crippen MR) is 53.9 cm³/mol. The quantitative estimate of drug-likeness (QED) is 0.751. The van der Waals surface area contributed by atoms with Crippen LogP contribution in [0.1, 0.15) is 26.0 Å². The van der Waals surface area contributed by atoms with Crippen molar-refractivity contribution in [2.24, 2.45) is 5.92 Å². The molecular formula is C10H17N3. The number of rotatable bonds is 2. The molecule has 0 fully saturated rings. The Balaban J connectivity index is 2.15. The molecule has 1 N–H and O–H groups in total. The van der Waals surface area contributed by atoms with Crippen molar-refractivity contribution in [3.8, 4) is 0 Å². The van der Waals surface area contributed by atoms with Gasteiger partial charge in [-0.05, 0) is 18.8 Å². The van der Waals surface area contributed by atoms with Crippen LogP contribution in [0.2, 0.25) is 0 Å². The van der Waals surface area contributed by atoms with Gasteiger partial charge in [0.2, 0.25) is 5.95 Å². The zero-order chi connectivity index (χ0) is 9.26. The number of aromatic nitrogens is 2. The van der Waals surface area contributed by atoms with E-state index in [2.05, 4.69) is 34.9 Å². The van der Waals surface area contributed by atoms with Crippen LogP contribution in [0.25, 0.3) is 0 Å². The molecule has 0 spiro atoms. The van der Waals surface area contributed by atoms with Gasteiger partial charge < -0.3 is 9.88 Å². The summed E-state index contributed by atoms with van der Waals surface area (Å²) in [5.74, 6) is 1.75. The molecule has 0 radical (unpaired) electrons. The van der Waals surface area contributed by atoms with Gasteiger partial charge in [-0.3, -0.25) is 0 Å². The average molecular weight is 179 g/mol. The van der Waals surface area contributed by atoms with Crippen molar-refractivity contribution in [1.82, 2.24) is 9.55 Å². The normalized spacial score (nSPS) is 15.6. The Bertz CT molecular complexity index is 265. The van der Waals surface area contributed by atoms with Crippen molar-refractivity contribution in [3.05, 3.63) is 11.9 Å². The Hall–Kier alpha value is -0.990. The second-order valence-corrected chi connectivity index (χ2v) is 4.13. The van der Waals surface area contributed by atoms with E-state index in [0.29, 0.717) is 5.92 Å². The van der Waals surface area contributed by atoms with Crippen LogP contribution in [0.15, 0.2) is 6.20 Å². The van der Waals surface area contributed by atoms with Crippen LogP contribution in [0, 0.1) is 5.92 Å². The van der Waals surface area contributed by atoms with E-state index in [1.165, 1.54) is 12.1 Å². The third-order valence-corrected chi connectivity index (χ3v) is 2.30. The number of aryl methyl sites for hydroxylation is 1. The van der Waals surface area contributed by atoms with Crippen molar-refractivity contribution in [2.45, 2.75) is 33.2 Å². The first-order valence-corrected chi connectivity index (χ1v) is 5.05. The number of imidazole rings is 1. The first kappa shape index (κ1) is 8.60. The minimum Gasteiger partial charge on any atom is -0.356 e. The van der Waals surface area contributed by atoms with Crippen LogP contribution in [-0.4, -0.2) is 16.1 Å². The zero-order valence-electron chi connectivity index (χ0n) is 8.38. The molecule has 72 valence electrons. The SMILES string of the molecule is CC(C)Cc1cn2c(n1)NCCC2. The van der Waals surface area contributed by atoms with Crippen molar-refractivity contribution < 1.29 is 0 Å². The molecule has 1 aromatic rings. The molecule has 1 aliphatic rings. The molecule has 3 heteroatoms. The van der Waals surface area contributed by atoms with Crippen LogP contribution < -0.4 is 5.32 Å². The van der Waals surface area contributed by atoms with Crippen LogP contribution in [-0.2, 0) is 13.0 Å². The minimum atomic E-state index is 0.692. The molecule has 13 heavy (non-hydrogen) atoms. The molecular weight excluding hydrogens is 162 g/mol. The summed E-state index contributed by atoms with van der Waals surface area (Å²) < 4.78 is 2.22. The maximum absolute atomic E-state index is 4.54. The molecule has 0 unspecified atom stereocenters. The first-order valence-electron chi connectivity index (χ1n) is 5.05. The minimum absolute atomic E-state index is 0.692. The summed E-state index contributed by atoms with van der Waals surface area (Å²) in [6, 6.07) is 0. The smallest absolute Gasteiger partial charge is 0.203 e.